The second kappa shape index (κ2) is 10.6. The van der Waals surface area contributed by atoms with Crippen molar-refractivity contribution in [2.75, 3.05) is 20.2 Å². The third kappa shape index (κ3) is 4.84. The second-order valence-electron chi connectivity index (χ2n) is 12.3. The summed E-state index contributed by atoms with van der Waals surface area (Å²) in [6.07, 6.45) is 6.34. The van der Waals surface area contributed by atoms with Crippen LogP contribution in [0, 0.1) is 34.5 Å². The van der Waals surface area contributed by atoms with Crippen LogP contribution in [0.5, 0.6) is 0 Å². The second-order valence-corrected chi connectivity index (χ2v) is 12.3. The molecule has 0 aromatic rings. The molecule has 5 rings (SSSR count). The van der Waals surface area contributed by atoms with Gasteiger partial charge in [0.15, 0.2) is 0 Å². The van der Waals surface area contributed by atoms with Gasteiger partial charge in [0.1, 0.15) is 25.5 Å². The number of aliphatic carboxylic acids is 1. The maximum absolute atomic E-state index is 15.7. The molecule has 9 atom stereocenters. The number of carbonyl (C=O) groups excluding carboxylic acids is 1. The Balaban J connectivity index is 1.36. The number of fused-ring (bicyclic) bond motifs is 5. The SMILES string of the molecule is CO/N=C1\C[C@H]2[C@@H]3CC[C@H](OC(=O)/C=C/C(=O)O)[C@@]3(C)CC[C@@H]2[C@@]2(C)C[C@@H](F)/C(=N/O[C@@H]3CCNC3)CC12. The number of carboxylic acids is 1. The molecule has 1 aliphatic heterocycles. The third-order valence-electron chi connectivity index (χ3n) is 10.4. The van der Waals surface area contributed by atoms with Gasteiger partial charge in [0.05, 0.1) is 11.4 Å². The fourth-order valence-electron chi connectivity index (χ4n) is 8.54. The quantitative estimate of drug-likeness (QED) is 0.302. The first-order valence-corrected chi connectivity index (χ1v) is 13.9. The number of carboxylic acid groups (broad SMARTS) is 1. The van der Waals surface area contributed by atoms with E-state index < -0.39 is 18.1 Å². The first-order valence-electron chi connectivity index (χ1n) is 13.9. The third-order valence-corrected chi connectivity index (χ3v) is 10.4. The Labute approximate surface area is 223 Å². The van der Waals surface area contributed by atoms with Gasteiger partial charge in [-0.2, -0.15) is 0 Å². The molecule has 5 fully saturated rings. The van der Waals surface area contributed by atoms with Crippen molar-refractivity contribution in [1.29, 1.82) is 0 Å². The van der Waals surface area contributed by atoms with E-state index >= 15 is 4.39 Å². The Morgan fingerprint density at radius 1 is 1.05 bits per heavy atom. The highest BCUT2D eigenvalue weighted by Gasteiger charge is 2.63. The Hall–Kier alpha value is -2.49. The zero-order valence-corrected chi connectivity index (χ0v) is 22.5. The summed E-state index contributed by atoms with van der Waals surface area (Å²) in [5.41, 5.74) is 0.944. The van der Waals surface area contributed by atoms with Crippen molar-refractivity contribution < 1.29 is 33.5 Å². The standard InChI is InChI=1S/C28H40FN3O6/c1-27-10-8-19-17(18(27)4-5-24(27)37-26(35)7-6-25(33)34)12-22(31-36-3)20-13-23(21(29)14-28(19,20)2)32-38-16-9-11-30-15-16/h6-7,16-21,24,30H,4-5,8-15H2,1-3H3,(H,33,34)/b7-6+,31-22+,32-23+/t16-,17+,18+,19+,20?,21-,24+,27+,28-/m1/s1. The van der Waals surface area contributed by atoms with Crippen LogP contribution < -0.4 is 5.32 Å². The number of nitrogens with zero attached hydrogens (tertiary/aromatic N) is 2. The summed E-state index contributed by atoms with van der Waals surface area (Å²) in [7, 11) is 1.56. The Kier molecular flexibility index (Phi) is 7.55. The fourth-order valence-corrected chi connectivity index (χ4v) is 8.54. The number of nitrogens with one attached hydrogen (secondary N) is 1. The summed E-state index contributed by atoms with van der Waals surface area (Å²) in [6.45, 7) is 6.04. The molecule has 0 amide bonds. The number of ether oxygens (including phenoxy) is 1. The molecule has 1 unspecified atom stereocenters. The molecule has 1 saturated heterocycles. The maximum atomic E-state index is 15.7. The van der Waals surface area contributed by atoms with Crippen LogP contribution in [0.25, 0.3) is 0 Å². The summed E-state index contributed by atoms with van der Waals surface area (Å²) in [4.78, 5) is 34.1. The minimum atomic E-state index is -1.18. The van der Waals surface area contributed by atoms with E-state index in [9.17, 15) is 9.59 Å². The maximum Gasteiger partial charge on any atom is 0.331 e. The van der Waals surface area contributed by atoms with E-state index in [1.54, 1.807) is 7.11 Å². The van der Waals surface area contributed by atoms with Crippen molar-refractivity contribution >= 4 is 23.4 Å². The predicted octanol–water partition coefficient (Wildman–Crippen LogP) is 3.88. The number of halogens is 1. The van der Waals surface area contributed by atoms with Crippen LogP contribution >= 0.6 is 0 Å². The Morgan fingerprint density at radius 2 is 1.84 bits per heavy atom. The normalized spacial score (nSPS) is 44.5. The van der Waals surface area contributed by atoms with Crippen LogP contribution in [0.4, 0.5) is 4.39 Å². The van der Waals surface area contributed by atoms with Crippen molar-refractivity contribution in [1.82, 2.24) is 5.32 Å². The van der Waals surface area contributed by atoms with Gasteiger partial charge < -0.3 is 24.8 Å². The van der Waals surface area contributed by atoms with E-state index in [-0.39, 0.29) is 34.9 Å². The first-order chi connectivity index (χ1) is 18.2. The lowest BCUT2D eigenvalue weighted by Crippen LogP contribution is -2.58. The zero-order valence-electron chi connectivity index (χ0n) is 22.5. The minimum absolute atomic E-state index is 0.00841. The van der Waals surface area contributed by atoms with Crippen molar-refractivity contribution in [2.45, 2.75) is 83.6 Å². The molecule has 0 radical (unpaired) electrons. The molecule has 5 aliphatic rings. The summed E-state index contributed by atoms with van der Waals surface area (Å²) in [5, 5.41) is 20.9. The van der Waals surface area contributed by atoms with Crippen molar-refractivity contribution in [3.63, 3.8) is 0 Å². The molecule has 0 aromatic heterocycles. The lowest BCUT2D eigenvalue weighted by atomic mass is 9.44. The molecule has 1 heterocycles. The molecule has 10 heteroatoms. The van der Waals surface area contributed by atoms with E-state index in [2.05, 4.69) is 29.5 Å². The number of hydrogen-bond acceptors (Lipinski definition) is 8. The Morgan fingerprint density at radius 3 is 2.55 bits per heavy atom. The monoisotopic (exact) mass is 533 g/mol. The molecule has 210 valence electrons. The molecule has 4 saturated carbocycles. The molecule has 9 nitrogen and oxygen atoms in total. The molecular weight excluding hydrogens is 493 g/mol. The summed E-state index contributed by atoms with van der Waals surface area (Å²) >= 11 is 0. The number of rotatable bonds is 6. The number of hydrogen-bond donors (Lipinski definition) is 2. The van der Waals surface area contributed by atoms with Gasteiger partial charge in [0, 0.05) is 42.9 Å². The van der Waals surface area contributed by atoms with Crippen LogP contribution in [0.2, 0.25) is 0 Å². The highest BCUT2D eigenvalue weighted by molar-refractivity contribution is 5.97. The average Bonchev–Trinajstić information content (AvgIpc) is 3.50. The van der Waals surface area contributed by atoms with Gasteiger partial charge in [-0.15, -0.1) is 0 Å². The minimum Gasteiger partial charge on any atom is -0.478 e. The van der Waals surface area contributed by atoms with Crippen molar-refractivity contribution in [3.8, 4) is 0 Å². The van der Waals surface area contributed by atoms with Gasteiger partial charge in [-0.25, -0.2) is 14.0 Å². The van der Waals surface area contributed by atoms with E-state index in [0.29, 0.717) is 30.4 Å². The molecule has 0 aromatic carbocycles. The summed E-state index contributed by atoms with van der Waals surface area (Å²) in [5.74, 6) is -0.847. The van der Waals surface area contributed by atoms with E-state index in [1.165, 1.54) is 0 Å². The van der Waals surface area contributed by atoms with Gasteiger partial charge in [-0.1, -0.05) is 24.2 Å². The van der Waals surface area contributed by atoms with E-state index in [1.807, 2.05) is 0 Å². The first kappa shape index (κ1) is 27.1. The molecule has 2 N–H and O–H groups in total. The van der Waals surface area contributed by atoms with Gasteiger partial charge >= 0.3 is 11.9 Å². The lowest BCUT2D eigenvalue weighted by Gasteiger charge is -2.60. The van der Waals surface area contributed by atoms with Gasteiger partial charge in [0.2, 0.25) is 0 Å². The fraction of sp³-hybridized carbons (Fsp3) is 0.786. The van der Waals surface area contributed by atoms with Crippen LogP contribution in [0.1, 0.15) is 65.2 Å². The number of oxime groups is 2. The molecular formula is C28H40FN3O6. The number of alkyl halides is 1. The number of carbonyl (C=O) groups is 2. The smallest absolute Gasteiger partial charge is 0.331 e. The molecule has 0 bridgehead atoms. The highest BCUT2D eigenvalue weighted by Crippen LogP contribution is 2.66. The largest absolute Gasteiger partial charge is 0.478 e. The molecule has 0 spiro atoms. The van der Waals surface area contributed by atoms with E-state index in [0.717, 1.165) is 69.5 Å². The van der Waals surface area contributed by atoms with Gasteiger partial charge in [0.25, 0.3) is 0 Å². The predicted molar refractivity (Wildman–Crippen MR) is 138 cm³/mol. The van der Waals surface area contributed by atoms with Crippen LogP contribution in [0.15, 0.2) is 22.5 Å². The van der Waals surface area contributed by atoms with Crippen LogP contribution in [-0.4, -0.2) is 67.0 Å². The summed E-state index contributed by atoms with van der Waals surface area (Å²) < 4.78 is 21.5. The molecule has 4 aliphatic carbocycles. The van der Waals surface area contributed by atoms with Crippen molar-refractivity contribution in [2.24, 2.45) is 44.8 Å². The zero-order chi connectivity index (χ0) is 27.1. The highest BCUT2D eigenvalue weighted by atomic mass is 19.1. The number of esters is 1. The van der Waals surface area contributed by atoms with Crippen molar-refractivity contribution in [3.05, 3.63) is 12.2 Å². The topological polar surface area (TPSA) is 119 Å². The van der Waals surface area contributed by atoms with E-state index in [4.69, 9.17) is 19.5 Å². The van der Waals surface area contributed by atoms with Crippen LogP contribution in [-0.2, 0) is 24.0 Å². The van der Waals surface area contributed by atoms with Gasteiger partial charge in [-0.3, -0.25) is 0 Å². The lowest BCUT2D eigenvalue weighted by molar-refractivity contribution is -0.155. The molecule has 38 heavy (non-hydrogen) atoms. The Bertz CT molecular complexity index is 1030. The van der Waals surface area contributed by atoms with Crippen LogP contribution in [0.3, 0.4) is 0 Å². The van der Waals surface area contributed by atoms with Gasteiger partial charge in [-0.05, 0) is 68.2 Å². The average molecular weight is 534 g/mol. The summed E-state index contributed by atoms with van der Waals surface area (Å²) in [6, 6.07) is 0.